The van der Waals surface area contributed by atoms with Crippen molar-refractivity contribution in [3.8, 4) is 11.4 Å². The second-order valence-electron chi connectivity index (χ2n) is 6.32. The van der Waals surface area contributed by atoms with Crippen LogP contribution in [0.2, 0.25) is 0 Å². The molecule has 1 aromatic carbocycles. The van der Waals surface area contributed by atoms with Gasteiger partial charge >= 0.3 is 0 Å². The number of rotatable bonds is 5. The van der Waals surface area contributed by atoms with Crippen molar-refractivity contribution in [2.75, 3.05) is 4.72 Å². The zero-order valence-electron chi connectivity index (χ0n) is 14.0. The van der Waals surface area contributed by atoms with E-state index in [1.54, 1.807) is 5.38 Å². The highest BCUT2D eigenvalue weighted by atomic mass is 32.2. The van der Waals surface area contributed by atoms with Crippen molar-refractivity contribution in [1.29, 1.82) is 0 Å². The summed E-state index contributed by atoms with van der Waals surface area (Å²) in [6, 6.07) is 4.02. The van der Waals surface area contributed by atoms with E-state index in [4.69, 9.17) is 4.52 Å². The maximum Gasteiger partial charge on any atom is 0.271 e. The molecule has 0 unspecified atom stereocenters. The van der Waals surface area contributed by atoms with E-state index < -0.39 is 21.7 Å². The zero-order chi connectivity index (χ0) is 19.0. The first-order chi connectivity index (χ1) is 12.9. The van der Waals surface area contributed by atoms with Gasteiger partial charge in [0.2, 0.25) is 11.7 Å². The van der Waals surface area contributed by atoms with Crippen LogP contribution in [0.5, 0.6) is 0 Å². The SMILES string of the molecule is O=S(=O)(Nc1ccc(F)cc1F)c1cc(-c2noc(C3CCCC3)n2)cs1. The van der Waals surface area contributed by atoms with E-state index in [9.17, 15) is 17.2 Å². The Morgan fingerprint density at radius 3 is 2.70 bits per heavy atom. The molecule has 0 bridgehead atoms. The van der Waals surface area contributed by atoms with E-state index >= 15 is 0 Å². The molecule has 4 rings (SSSR count). The molecule has 0 spiro atoms. The van der Waals surface area contributed by atoms with Gasteiger partial charge in [0.1, 0.15) is 15.8 Å². The van der Waals surface area contributed by atoms with Crippen molar-refractivity contribution in [1.82, 2.24) is 10.1 Å². The third-order valence-electron chi connectivity index (χ3n) is 4.42. The number of thiophene rings is 1. The molecule has 10 heteroatoms. The van der Waals surface area contributed by atoms with Gasteiger partial charge in [-0.05, 0) is 31.0 Å². The first-order valence-electron chi connectivity index (χ1n) is 8.33. The molecule has 0 saturated heterocycles. The average molecular weight is 411 g/mol. The van der Waals surface area contributed by atoms with Crippen LogP contribution in [0.4, 0.5) is 14.5 Å². The Labute approximate surface area is 158 Å². The molecule has 1 aliphatic rings. The van der Waals surface area contributed by atoms with E-state index in [2.05, 4.69) is 14.9 Å². The number of nitrogens with zero attached hydrogens (tertiary/aromatic N) is 2. The summed E-state index contributed by atoms with van der Waals surface area (Å²) in [5.74, 6) is -0.623. The van der Waals surface area contributed by atoms with E-state index in [-0.39, 0.29) is 15.8 Å². The second kappa shape index (κ2) is 7.01. The number of hydrogen-bond donors (Lipinski definition) is 1. The summed E-state index contributed by atoms with van der Waals surface area (Å²) in [6.07, 6.45) is 4.29. The van der Waals surface area contributed by atoms with Gasteiger partial charge in [0.25, 0.3) is 10.0 Å². The Balaban J connectivity index is 1.56. The van der Waals surface area contributed by atoms with Gasteiger partial charge in [-0.1, -0.05) is 18.0 Å². The first kappa shape index (κ1) is 18.1. The highest BCUT2D eigenvalue weighted by Crippen LogP contribution is 2.35. The van der Waals surface area contributed by atoms with Gasteiger partial charge in [0.05, 0.1) is 5.69 Å². The predicted octanol–water partition coefficient (Wildman–Crippen LogP) is 4.53. The number of benzene rings is 1. The Morgan fingerprint density at radius 2 is 1.96 bits per heavy atom. The summed E-state index contributed by atoms with van der Waals surface area (Å²) in [6.45, 7) is 0. The molecule has 1 aliphatic carbocycles. The normalized spacial score (nSPS) is 15.3. The summed E-state index contributed by atoms with van der Waals surface area (Å²) >= 11 is 0.952. The fraction of sp³-hybridized carbons (Fsp3) is 0.294. The van der Waals surface area contributed by atoms with Crippen LogP contribution in [0.15, 0.2) is 38.4 Å². The van der Waals surface area contributed by atoms with Gasteiger partial charge in [0.15, 0.2) is 0 Å². The largest absolute Gasteiger partial charge is 0.339 e. The van der Waals surface area contributed by atoms with Crippen LogP contribution in [0.3, 0.4) is 0 Å². The van der Waals surface area contributed by atoms with Crippen LogP contribution in [0.25, 0.3) is 11.4 Å². The first-order valence-corrected chi connectivity index (χ1v) is 10.7. The Morgan fingerprint density at radius 1 is 1.19 bits per heavy atom. The molecular weight excluding hydrogens is 396 g/mol. The highest BCUT2D eigenvalue weighted by Gasteiger charge is 2.25. The van der Waals surface area contributed by atoms with Gasteiger partial charge in [-0.3, -0.25) is 4.72 Å². The van der Waals surface area contributed by atoms with Gasteiger partial charge in [0, 0.05) is 22.9 Å². The molecule has 0 aliphatic heterocycles. The quantitative estimate of drug-likeness (QED) is 0.666. The number of nitrogens with one attached hydrogen (secondary N) is 1. The molecular formula is C17H15F2N3O3S2. The van der Waals surface area contributed by atoms with Crippen LogP contribution >= 0.6 is 11.3 Å². The van der Waals surface area contributed by atoms with Crippen molar-refractivity contribution in [3.05, 3.63) is 47.2 Å². The van der Waals surface area contributed by atoms with Crippen LogP contribution < -0.4 is 4.72 Å². The zero-order valence-corrected chi connectivity index (χ0v) is 15.6. The lowest BCUT2D eigenvalue weighted by Crippen LogP contribution is -2.12. The molecule has 142 valence electrons. The fourth-order valence-corrected chi connectivity index (χ4v) is 5.26. The van der Waals surface area contributed by atoms with Gasteiger partial charge in [-0.2, -0.15) is 4.98 Å². The molecule has 27 heavy (non-hydrogen) atoms. The average Bonchev–Trinajstić information content (AvgIpc) is 3.37. The minimum atomic E-state index is -4.02. The minimum Gasteiger partial charge on any atom is -0.339 e. The standard InChI is InChI=1S/C17H15F2N3O3S2/c18-12-5-6-14(13(19)8-12)22-27(23,24)15-7-11(9-26-15)16-20-17(25-21-16)10-3-1-2-4-10/h5-10,22H,1-4H2. The van der Waals surface area contributed by atoms with Gasteiger partial charge in [-0.15, -0.1) is 11.3 Å². The van der Waals surface area contributed by atoms with Gasteiger partial charge < -0.3 is 4.52 Å². The lowest BCUT2D eigenvalue weighted by Gasteiger charge is -2.07. The third-order valence-corrected chi connectivity index (χ3v) is 7.23. The summed E-state index contributed by atoms with van der Waals surface area (Å²) in [7, 11) is -4.02. The molecule has 3 aromatic rings. The highest BCUT2D eigenvalue weighted by molar-refractivity contribution is 7.94. The van der Waals surface area contributed by atoms with Crippen molar-refractivity contribution in [3.63, 3.8) is 0 Å². The molecule has 1 saturated carbocycles. The monoisotopic (exact) mass is 411 g/mol. The minimum absolute atomic E-state index is 0.0339. The van der Waals surface area contributed by atoms with Crippen molar-refractivity contribution in [2.45, 2.75) is 35.8 Å². The van der Waals surface area contributed by atoms with E-state index in [1.165, 1.54) is 6.07 Å². The van der Waals surface area contributed by atoms with Crippen molar-refractivity contribution in [2.24, 2.45) is 0 Å². The summed E-state index contributed by atoms with van der Waals surface area (Å²) in [5.41, 5.74) is 0.183. The number of aromatic nitrogens is 2. The fourth-order valence-electron chi connectivity index (χ4n) is 3.03. The maximum absolute atomic E-state index is 13.7. The van der Waals surface area contributed by atoms with E-state index in [1.807, 2.05) is 0 Å². The lowest BCUT2D eigenvalue weighted by atomic mass is 10.1. The summed E-state index contributed by atoms with van der Waals surface area (Å²) in [5, 5.41) is 5.53. The Hall–Kier alpha value is -2.33. The Bertz CT molecular complexity index is 1070. The van der Waals surface area contributed by atoms with Crippen molar-refractivity contribution < 1.29 is 21.7 Å². The number of anilines is 1. The predicted molar refractivity (Wildman–Crippen MR) is 96.0 cm³/mol. The topological polar surface area (TPSA) is 85.1 Å². The van der Waals surface area contributed by atoms with Crippen molar-refractivity contribution >= 4 is 27.0 Å². The molecule has 0 radical (unpaired) electrons. The molecule has 2 aromatic heterocycles. The molecule has 0 amide bonds. The van der Waals surface area contributed by atoms with Crippen LogP contribution in [-0.4, -0.2) is 18.6 Å². The van der Waals surface area contributed by atoms with E-state index in [0.717, 1.165) is 49.2 Å². The van der Waals surface area contributed by atoms with Gasteiger partial charge in [-0.25, -0.2) is 17.2 Å². The third kappa shape index (κ3) is 3.72. The molecule has 6 nitrogen and oxygen atoms in total. The number of halogens is 2. The maximum atomic E-state index is 13.7. The summed E-state index contributed by atoms with van der Waals surface area (Å²) in [4.78, 5) is 4.38. The molecule has 1 N–H and O–H groups in total. The van der Waals surface area contributed by atoms with Crippen LogP contribution in [-0.2, 0) is 10.0 Å². The van der Waals surface area contributed by atoms with Crippen LogP contribution in [0.1, 0.15) is 37.5 Å². The second-order valence-corrected chi connectivity index (χ2v) is 9.14. The Kier molecular flexibility index (Phi) is 4.68. The smallest absolute Gasteiger partial charge is 0.271 e. The number of hydrogen-bond acceptors (Lipinski definition) is 6. The number of sulfonamides is 1. The molecule has 0 atom stereocenters. The van der Waals surface area contributed by atoms with E-state index in [0.29, 0.717) is 23.3 Å². The van der Waals surface area contributed by atoms with Crippen LogP contribution in [0, 0.1) is 11.6 Å². The molecule has 1 fully saturated rings. The summed E-state index contributed by atoms with van der Waals surface area (Å²) < 4.78 is 59.0. The lowest BCUT2D eigenvalue weighted by molar-refractivity contribution is 0.354. The molecule has 2 heterocycles.